The molecule has 0 aliphatic rings. The number of aliphatic carboxylic acids is 1. The fourth-order valence-corrected chi connectivity index (χ4v) is 1.90. The van der Waals surface area contributed by atoms with Gasteiger partial charge < -0.3 is 15.7 Å². The van der Waals surface area contributed by atoms with Crippen LogP contribution < -0.4 is 10.6 Å². The van der Waals surface area contributed by atoms with Crippen molar-refractivity contribution in [2.45, 2.75) is 72.1 Å². The van der Waals surface area contributed by atoms with E-state index in [-0.39, 0.29) is 12.6 Å². The SMILES string of the molecule is CCCCCCCCCCNC(=O)NCC(C)(C)C(=O)O. The van der Waals surface area contributed by atoms with Crippen molar-refractivity contribution in [2.24, 2.45) is 5.41 Å². The summed E-state index contributed by atoms with van der Waals surface area (Å²) in [6.45, 7) is 6.18. The number of urea groups is 1. The molecule has 0 aromatic heterocycles. The molecule has 0 atom stereocenters. The number of amides is 2. The lowest BCUT2D eigenvalue weighted by Gasteiger charge is -2.19. The molecule has 0 saturated heterocycles. The number of rotatable bonds is 12. The highest BCUT2D eigenvalue weighted by atomic mass is 16.4. The van der Waals surface area contributed by atoms with E-state index in [1.54, 1.807) is 13.8 Å². The van der Waals surface area contributed by atoms with Gasteiger partial charge in [0.1, 0.15) is 0 Å². The molecule has 0 aromatic rings. The van der Waals surface area contributed by atoms with E-state index in [0.717, 1.165) is 12.8 Å². The monoisotopic (exact) mass is 300 g/mol. The summed E-state index contributed by atoms with van der Waals surface area (Å²) < 4.78 is 0. The maximum absolute atomic E-state index is 11.5. The van der Waals surface area contributed by atoms with Crippen LogP contribution in [0.25, 0.3) is 0 Å². The van der Waals surface area contributed by atoms with Crippen LogP contribution in [0.15, 0.2) is 0 Å². The highest BCUT2D eigenvalue weighted by Crippen LogP contribution is 2.12. The van der Waals surface area contributed by atoms with Crippen LogP contribution in [0.2, 0.25) is 0 Å². The Hall–Kier alpha value is -1.26. The summed E-state index contributed by atoms with van der Waals surface area (Å²) in [5, 5.41) is 14.3. The quantitative estimate of drug-likeness (QED) is 0.482. The molecule has 5 nitrogen and oxygen atoms in total. The van der Waals surface area contributed by atoms with Gasteiger partial charge in [-0.15, -0.1) is 0 Å². The van der Waals surface area contributed by atoms with E-state index in [2.05, 4.69) is 17.6 Å². The van der Waals surface area contributed by atoms with E-state index in [4.69, 9.17) is 5.11 Å². The minimum Gasteiger partial charge on any atom is -0.481 e. The zero-order valence-corrected chi connectivity index (χ0v) is 13.8. The van der Waals surface area contributed by atoms with Crippen molar-refractivity contribution in [1.82, 2.24) is 10.6 Å². The smallest absolute Gasteiger partial charge is 0.314 e. The molecule has 5 heteroatoms. The van der Waals surface area contributed by atoms with E-state index in [9.17, 15) is 9.59 Å². The largest absolute Gasteiger partial charge is 0.481 e. The van der Waals surface area contributed by atoms with Crippen LogP contribution in [-0.2, 0) is 4.79 Å². The molecule has 0 fully saturated rings. The van der Waals surface area contributed by atoms with Crippen LogP contribution in [-0.4, -0.2) is 30.2 Å². The molecule has 0 aliphatic carbocycles. The van der Waals surface area contributed by atoms with Gasteiger partial charge in [0.25, 0.3) is 0 Å². The average molecular weight is 300 g/mol. The summed E-state index contributed by atoms with van der Waals surface area (Å²) >= 11 is 0. The van der Waals surface area contributed by atoms with Crippen LogP contribution in [0.4, 0.5) is 4.79 Å². The number of carboxylic acid groups (broad SMARTS) is 1. The van der Waals surface area contributed by atoms with Gasteiger partial charge in [0.2, 0.25) is 0 Å². The molecule has 0 aromatic carbocycles. The van der Waals surface area contributed by atoms with Gasteiger partial charge in [-0.2, -0.15) is 0 Å². The normalized spacial score (nSPS) is 11.2. The van der Waals surface area contributed by atoms with Crippen molar-refractivity contribution in [1.29, 1.82) is 0 Å². The molecule has 0 rings (SSSR count). The Balaban J connectivity index is 3.44. The van der Waals surface area contributed by atoms with Crippen molar-refractivity contribution >= 4 is 12.0 Å². The predicted octanol–water partition coefficient (Wildman–Crippen LogP) is 3.54. The zero-order valence-electron chi connectivity index (χ0n) is 13.8. The molecule has 0 bridgehead atoms. The first-order valence-corrected chi connectivity index (χ1v) is 8.15. The second kappa shape index (κ2) is 11.4. The maximum Gasteiger partial charge on any atom is 0.314 e. The minimum atomic E-state index is -0.935. The zero-order chi connectivity index (χ0) is 16.1. The van der Waals surface area contributed by atoms with Gasteiger partial charge >= 0.3 is 12.0 Å². The molecule has 0 saturated carbocycles. The first-order chi connectivity index (χ1) is 9.90. The summed E-state index contributed by atoms with van der Waals surface area (Å²) in [5.41, 5.74) is -0.935. The molecular weight excluding hydrogens is 268 g/mol. The number of unbranched alkanes of at least 4 members (excludes halogenated alkanes) is 7. The maximum atomic E-state index is 11.5. The van der Waals surface area contributed by atoms with Gasteiger partial charge in [-0.3, -0.25) is 4.79 Å². The Labute approximate surface area is 128 Å². The molecule has 2 amide bonds. The summed E-state index contributed by atoms with van der Waals surface area (Å²) in [4.78, 5) is 22.4. The molecule has 0 spiro atoms. The minimum absolute atomic E-state index is 0.131. The van der Waals surface area contributed by atoms with E-state index in [1.807, 2.05) is 0 Å². The highest BCUT2D eigenvalue weighted by molar-refractivity contribution is 5.77. The van der Waals surface area contributed by atoms with Crippen molar-refractivity contribution in [3.05, 3.63) is 0 Å². The van der Waals surface area contributed by atoms with Gasteiger partial charge in [-0.05, 0) is 20.3 Å². The number of nitrogens with one attached hydrogen (secondary N) is 2. The Kier molecular flexibility index (Phi) is 10.7. The molecule has 3 N–H and O–H groups in total. The van der Waals surface area contributed by atoms with Crippen LogP contribution in [0.3, 0.4) is 0 Å². The Morgan fingerprint density at radius 2 is 1.43 bits per heavy atom. The van der Waals surface area contributed by atoms with Gasteiger partial charge in [0.15, 0.2) is 0 Å². The Morgan fingerprint density at radius 3 is 1.95 bits per heavy atom. The first-order valence-electron chi connectivity index (χ1n) is 8.15. The number of hydrogen-bond acceptors (Lipinski definition) is 2. The lowest BCUT2D eigenvalue weighted by molar-refractivity contribution is -0.146. The molecule has 21 heavy (non-hydrogen) atoms. The van der Waals surface area contributed by atoms with E-state index in [1.165, 1.54) is 38.5 Å². The number of carbonyl (C=O) groups excluding carboxylic acids is 1. The number of hydrogen-bond donors (Lipinski definition) is 3. The average Bonchev–Trinajstić information content (AvgIpc) is 2.43. The summed E-state index contributed by atoms with van der Waals surface area (Å²) in [7, 11) is 0. The Bertz CT molecular complexity index is 304. The van der Waals surface area contributed by atoms with Crippen LogP contribution in [0, 0.1) is 5.41 Å². The van der Waals surface area contributed by atoms with E-state index < -0.39 is 11.4 Å². The summed E-state index contributed by atoms with van der Waals surface area (Å²) in [6, 6.07) is -0.285. The van der Waals surface area contributed by atoms with E-state index in [0.29, 0.717) is 6.54 Å². The van der Waals surface area contributed by atoms with Crippen LogP contribution >= 0.6 is 0 Å². The summed E-state index contributed by atoms with van der Waals surface area (Å²) in [5.74, 6) is -0.911. The van der Waals surface area contributed by atoms with Crippen molar-refractivity contribution in [3.63, 3.8) is 0 Å². The lowest BCUT2D eigenvalue weighted by atomic mass is 9.94. The van der Waals surface area contributed by atoms with Crippen LogP contribution in [0.1, 0.15) is 72.1 Å². The number of carbonyl (C=O) groups is 2. The van der Waals surface area contributed by atoms with Crippen molar-refractivity contribution in [2.75, 3.05) is 13.1 Å². The third kappa shape index (κ3) is 11.1. The Morgan fingerprint density at radius 1 is 0.905 bits per heavy atom. The molecule has 124 valence electrons. The molecule has 0 unspecified atom stereocenters. The summed E-state index contributed by atoms with van der Waals surface area (Å²) in [6.07, 6.45) is 9.85. The second-order valence-corrected chi connectivity index (χ2v) is 6.27. The first kappa shape index (κ1) is 19.7. The predicted molar refractivity (Wildman–Crippen MR) is 85.4 cm³/mol. The standard InChI is InChI=1S/C16H32N2O3/c1-4-5-6-7-8-9-10-11-12-17-15(21)18-13-16(2,3)14(19)20/h4-13H2,1-3H3,(H,19,20)(H2,17,18,21). The second-order valence-electron chi connectivity index (χ2n) is 6.27. The number of carboxylic acids is 1. The topological polar surface area (TPSA) is 78.4 Å². The van der Waals surface area contributed by atoms with Gasteiger partial charge in [0, 0.05) is 13.1 Å². The van der Waals surface area contributed by atoms with E-state index >= 15 is 0 Å². The van der Waals surface area contributed by atoms with Crippen LogP contribution in [0.5, 0.6) is 0 Å². The fourth-order valence-electron chi connectivity index (χ4n) is 1.90. The third-order valence-corrected chi connectivity index (χ3v) is 3.59. The molecule has 0 radical (unpaired) electrons. The van der Waals surface area contributed by atoms with Gasteiger partial charge in [0.05, 0.1) is 5.41 Å². The molecular formula is C16H32N2O3. The van der Waals surface area contributed by atoms with Gasteiger partial charge in [-0.25, -0.2) is 4.79 Å². The third-order valence-electron chi connectivity index (χ3n) is 3.59. The lowest BCUT2D eigenvalue weighted by Crippen LogP contribution is -2.43. The van der Waals surface area contributed by atoms with Crippen molar-refractivity contribution in [3.8, 4) is 0 Å². The molecule has 0 aliphatic heterocycles. The highest BCUT2D eigenvalue weighted by Gasteiger charge is 2.27. The van der Waals surface area contributed by atoms with Crippen molar-refractivity contribution < 1.29 is 14.7 Å². The molecule has 0 heterocycles. The fraction of sp³-hybridized carbons (Fsp3) is 0.875. The van der Waals surface area contributed by atoms with Gasteiger partial charge in [-0.1, -0.05) is 51.9 Å².